The number of nitrogens with zero attached hydrogens (tertiary/aromatic N) is 5. The average Bonchev–Trinajstić information content (AvgIpc) is 3.17. The molecule has 9 nitrogen and oxygen atoms in total. The largest absolute Gasteiger partial charge is 0.506 e. The number of phenols is 1. The van der Waals surface area contributed by atoms with E-state index in [1.165, 1.54) is 15.1 Å². The molecule has 0 aliphatic heterocycles. The summed E-state index contributed by atoms with van der Waals surface area (Å²) in [6.45, 7) is 7.94. The standard InChI is InChI=1S/C27H31N5O4S/c1-5-12-19-13-8-11-16-22(19)32-27(34)25(18(4)30-32)28-29-26-21-15-10-9-14-20(21)24(17-23(26)33)37(35,36)31(6-2)7-3/h8-11,13-17,33-34H,5-7,12H2,1-4H3. The van der Waals surface area contributed by atoms with Gasteiger partial charge in [-0.2, -0.15) is 14.1 Å². The van der Waals surface area contributed by atoms with Crippen LogP contribution in [0.4, 0.5) is 11.4 Å². The molecule has 2 N–H and O–H groups in total. The third-order valence-electron chi connectivity index (χ3n) is 6.28. The summed E-state index contributed by atoms with van der Waals surface area (Å²) in [6, 6.07) is 15.7. The Bertz CT molecular complexity index is 1570. The zero-order valence-corrected chi connectivity index (χ0v) is 22.2. The number of aromatic nitrogens is 2. The number of aryl methyl sites for hydroxylation is 2. The van der Waals surface area contributed by atoms with Crippen LogP contribution in [0.3, 0.4) is 0 Å². The molecule has 0 amide bonds. The number of rotatable bonds is 9. The van der Waals surface area contributed by atoms with Crippen LogP contribution in [0.25, 0.3) is 16.5 Å². The van der Waals surface area contributed by atoms with Crippen LogP contribution in [0.5, 0.6) is 11.6 Å². The molecule has 4 rings (SSSR count). The number of fused-ring (bicyclic) bond motifs is 1. The van der Waals surface area contributed by atoms with Gasteiger partial charge in [-0.05, 0) is 25.0 Å². The van der Waals surface area contributed by atoms with Crippen molar-refractivity contribution in [2.75, 3.05) is 13.1 Å². The van der Waals surface area contributed by atoms with Gasteiger partial charge >= 0.3 is 0 Å². The fourth-order valence-electron chi connectivity index (χ4n) is 4.42. The van der Waals surface area contributed by atoms with Crippen LogP contribution >= 0.6 is 0 Å². The number of para-hydroxylation sites is 1. The minimum atomic E-state index is -3.84. The Hall–Kier alpha value is -3.76. The van der Waals surface area contributed by atoms with Crippen molar-refractivity contribution >= 4 is 32.2 Å². The maximum absolute atomic E-state index is 13.3. The highest BCUT2D eigenvalue weighted by molar-refractivity contribution is 7.89. The molecule has 3 aromatic carbocycles. The molecule has 0 radical (unpaired) electrons. The second-order valence-corrected chi connectivity index (χ2v) is 10.5. The van der Waals surface area contributed by atoms with Crippen molar-refractivity contribution in [1.82, 2.24) is 14.1 Å². The van der Waals surface area contributed by atoms with Crippen molar-refractivity contribution in [1.29, 1.82) is 0 Å². The Morgan fingerprint density at radius 2 is 1.54 bits per heavy atom. The Kier molecular flexibility index (Phi) is 7.60. The maximum atomic E-state index is 13.3. The van der Waals surface area contributed by atoms with Gasteiger partial charge in [-0.1, -0.05) is 69.7 Å². The highest BCUT2D eigenvalue weighted by Crippen LogP contribution is 2.42. The highest BCUT2D eigenvalue weighted by atomic mass is 32.2. The zero-order chi connectivity index (χ0) is 26.7. The van der Waals surface area contributed by atoms with Gasteiger partial charge in [0.25, 0.3) is 0 Å². The van der Waals surface area contributed by atoms with E-state index in [0.29, 0.717) is 29.6 Å². The van der Waals surface area contributed by atoms with E-state index in [2.05, 4.69) is 22.3 Å². The first-order chi connectivity index (χ1) is 17.7. The molecule has 0 spiro atoms. The predicted octanol–water partition coefficient (Wildman–Crippen LogP) is 6.14. The molecule has 194 valence electrons. The van der Waals surface area contributed by atoms with Crippen LogP contribution in [-0.4, -0.2) is 45.8 Å². The molecule has 1 aromatic heterocycles. The molecule has 4 aromatic rings. The van der Waals surface area contributed by atoms with Crippen molar-refractivity contribution in [2.24, 2.45) is 10.2 Å². The number of azo groups is 1. The summed E-state index contributed by atoms with van der Waals surface area (Å²) >= 11 is 0. The third-order valence-corrected chi connectivity index (χ3v) is 8.37. The lowest BCUT2D eigenvalue weighted by Crippen LogP contribution is -2.30. The Morgan fingerprint density at radius 3 is 2.22 bits per heavy atom. The third kappa shape index (κ3) is 4.82. The second kappa shape index (κ2) is 10.7. The molecule has 1 heterocycles. The molecule has 0 fully saturated rings. The van der Waals surface area contributed by atoms with E-state index in [-0.39, 0.29) is 27.9 Å². The fourth-order valence-corrected chi connectivity index (χ4v) is 6.10. The summed E-state index contributed by atoms with van der Waals surface area (Å²) in [5, 5.41) is 35.6. The van der Waals surface area contributed by atoms with Gasteiger partial charge in [-0.15, -0.1) is 10.2 Å². The highest BCUT2D eigenvalue weighted by Gasteiger charge is 2.26. The summed E-state index contributed by atoms with van der Waals surface area (Å²) in [7, 11) is -3.84. The predicted molar refractivity (Wildman–Crippen MR) is 144 cm³/mol. The molecular formula is C27H31N5O4S. The molecule has 0 bridgehead atoms. The second-order valence-electron chi connectivity index (χ2n) is 8.63. The molecular weight excluding hydrogens is 490 g/mol. The molecule has 0 unspecified atom stereocenters. The van der Waals surface area contributed by atoms with E-state index in [0.717, 1.165) is 24.1 Å². The average molecular weight is 522 g/mol. The smallest absolute Gasteiger partial charge is 0.243 e. The first-order valence-corrected chi connectivity index (χ1v) is 13.7. The summed E-state index contributed by atoms with van der Waals surface area (Å²) in [6.07, 6.45) is 1.77. The van der Waals surface area contributed by atoms with E-state index in [4.69, 9.17) is 0 Å². The van der Waals surface area contributed by atoms with Gasteiger partial charge in [0.1, 0.15) is 11.4 Å². The Labute approximate surface area is 216 Å². The summed E-state index contributed by atoms with van der Waals surface area (Å²) < 4.78 is 29.3. The van der Waals surface area contributed by atoms with Crippen molar-refractivity contribution < 1.29 is 18.6 Å². The van der Waals surface area contributed by atoms with E-state index in [1.807, 2.05) is 24.3 Å². The van der Waals surface area contributed by atoms with Gasteiger partial charge in [0.05, 0.1) is 16.3 Å². The molecule has 0 atom stereocenters. The van der Waals surface area contributed by atoms with Gasteiger partial charge < -0.3 is 10.2 Å². The minimum absolute atomic E-state index is 0.00243. The van der Waals surface area contributed by atoms with E-state index < -0.39 is 10.0 Å². The number of benzene rings is 3. The lowest BCUT2D eigenvalue weighted by atomic mass is 10.1. The van der Waals surface area contributed by atoms with Crippen molar-refractivity contribution in [3.05, 3.63) is 65.9 Å². The lowest BCUT2D eigenvalue weighted by Gasteiger charge is -2.20. The normalized spacial score (nSPS) is 12.2. The molecule has 37 heavy (non-hydrogen) atoms. The van der Waals surface area contributed by atoms with E-state index >= 15 is 0 Å². The van der Waals surface area contributed by atoms with Gasteiger partial charge in [-0.25, -0.2) is 8.42 Å². The van der Waals surface area contributed by atoms with Gasteiger partial charge in [0.2, 0.25) is 15.9 Å². The van der Waals surface area contributed by atoms with Crippen LogP contribution in [0, 0.1) is 6.92 Å². The number of aromatic hydroxyl groups is 2. The summed E-state index contributed by atoms with van der Waals surface area (Å²) in [4.78, 5) is 0.00243. The Balaban J connectivity index is 1.83. The SMILES string of the molecule is CCCc1ccccc1-n1nc(C)c(N=Nc2c(O)cc(S(=O)(=O)N(CC)CC)c3ccccc23)c1O. The maximum Gasteiger partial charge on any atom is 0.243 e. The Morgan fingerprint density at radius 1 is 0.919 bits per heavy atom. The van der Waals surface area contributed by atoms with Crippen molar-refractivity contribution in [2.45, 2.75) is 45.4 Å². The van der Waals surface area contributed by atoms with E-state index in [1.54, 1.807) is 45.0 Å². The topological polar surface area (TPSA) is 120 Å². The lowest BCUT2D eigenvalue weighted by molar-refractivity contribution is 0.434. The number of sulfonamides is 1. The van der Waals surface area contributed by atoms with Gasteiger partial charge in [0.15, 0.2) is 5.69 Å². The first kappa shape index (κ1) is 26.3. The van der Waals surface area contributed by atoms with Crippen LogP contribution in [0.15, 0.2) is 69.7 Å². The number of hydrogen-bond acceptors (Lipinski definition) is 7. The van der Waals surface area contributed by atoms with Crippen LogP contribution in [-0.2, 0) is 16.4 Å². The summed E-state index contributed by atoms with van der Waals surface area (Å²) in [5.74, 6) is -0.500. The molecule has 0 aliphatic carbocycles. The zero-order valence-electron chi connectivity index (χ0n) is 21.4. The summed E-state index contributed by atoms with van der Waals surface area (Å²) in [5.41, 5.74) is 2.52. The monoisotopic (exact) mass is 521 g/mol. The molecule has 0 saturated carbocycles. The molecule has 0 saturated heterocycles. The number of hydrogen-bond donors (Lipinski definition) is 2. The minimum Gasteiger partial charge on any atom is -0.506 e. The van der Waals surface area contributed by atoms with Gasteiger partial charge in [0, 0.05) is 29.9 Å². The van der Waals surface area contributed by atoms with E-state index in [9.17, 15) is 18.6 Å². The van der Waals surface area contributed by atoms with Crippen LogP contribution < -0.4 is 0 Å². The van der Waals surface area contributed by atoms with Crippen LogP contribution in [0.2, 0.25) is 0 Å². The van der Waals surface area contributed by atoms with Gasteiger partial charge in [-0.3, -0.25) is 0 Å². The molecule has 10 heteroatoms. The van der Waals surface area contributed by atoms with Crippen LogP contribution in [0.1, 0.15) is 38.4 Å². The fraction of sp³-hybridized carbons (Fsp3) is 0.296. The number of phenolic OH excluding ortho intramolecular Hbond substituents is 1. The quantitative estimate of drug-likeness (QED) is 0.256. The first-order valence-electron chi connectivity index (χ1n) is 12.3. The molecule has 0 aliphatic rings. The van der Waals surface area contributed by atoms with Crippen molar-refractivity contribution in [3.8, 4) is 17.3 Å². The van der Waals surface area contributed by atoms with Crippen molar-refractivity contribution in [3.63, 3.8) is 0 Å².